The van der Waals surface area contributed by atoms with Gasteiger partial charge in [0, 0.05) is 0 Å². The van der Waals surface area contributed by atoms with Gasteiger partial charge in [0.25, 0.3) is 0 Å². The fourth-order valence-electron chi connectivity index (χ4n) is 3.25. The van der Waals surface area contributed by atoms with Crippen LogP contribution in [0.15, 0.2) is 0 Å². The first-order valence-electron chi connectivity index (χ1n) is 7.22. The molecule has 2 aliphatic carbocycles. The van der Waals surface area contributed by atoms with E-state index in [0.717, 1.165) is 38.5 Å². The third-order valence-electron chi connectivity index (χ3n) is 4.45. The van der Waals surface area contributed by atoms with Crippen molar-refractivity contribution < 1.29 is 18.3 Å². The van der Waals surface area contributed by atoms with E-state index < -0.39 is 26.8 Å². The van der Waals surface area contributed by atoms with Crippen molar-refractivity contribution in [2.24, 2.45) is 0 Å². The molecule has 0 radical (unpaired) electrons. The molecule has 2 aliphatic rings. The van der Waals surface area contributed by atoms with Crippen LogP contribution in [0.25, 0.3) is 0 Å². The van der Waals surface area contributed by atoms with Crippen molar-refractivity contribution in [3.8, 4) is 0 Å². The molecule has 2 N–H and O–H groups in total. The molecule has 0 unspecified atom stereocenters. The van der Waals surface area contributed by atoms with Gasteiger partial charge in [-0.25, -0.2) is 8.42 Å². The summed E-state index contributed by atoms with van der Waals surface area (Å²) in [7, 11) is -3.52. The van der Waals surface area contributed by atoms with Gasteiger partial charge in [-0.2, -0.15) is 4.72 Å². The molecule has 2 fully saturated rings. The zero-order valence-electron chi connectivity index (χ0n) is 11.2. The van der Waals surface area contributed by atoms with Gasteiger partial charge in [0.2, 0.25) is 10.0 Å². The molecule has 110 valence electrons. The Hall–Kier alpha value is -0.620. The van der Waals surface area contributed by atoms with E-state index in [-0.39, 0.29) is 0 Å². The first kappa shape index (κ1) is 14.8. The fraction of sp³-hybridized carbons (Fsp3) is 0.923. The maximum absolute atomic E-state index is 12.4. The summed E-state index contributed by atoms with van der Waals surface area (Å²) in [5, 5.41) is 9.02. The second-order valence-corrected chi connectivity index (χ2v) is 7.82. The number of carboxylic acids is 1. The smallest absolute Gasteiger partial charge is 0.324 e. The maximum Gasteiger partial charge on any atom is 0.324 e. The second kappa shape index (κ2) is 5.79. The van der Waals surface area contributed by atoms with Crippen LogP contribution in [-0.4, -0.2) is 30.3 Å². The van der Waals surface area contributed by atoms with Gasteiger partial charge in [-0.15, -0.1) is 0 Å². The van der Waals surface area contributed by atoms with Crippen molar-refractivity contribution in [2.45, 2.75) is 75.0 Å². The topological polar surface area (TPSA) is 83.5 Å². The van der Waals surface area contributed by atoms with E-state index in [0.29, 0.717) is 25.7 Å². The largest absolute Gasteiger partial charge is 0.480 e. The Bertz CT molecular complexity index is 420. The van der Waals surface area contributed by atoms with E-state index in [9.17, 15) is 18.3 Å². The summed E-state index contributed by atoms with van der Waals surface area (Å²) in [6, 6.07) is 0. The highest BCUT2D eigenvalue weighted by Crippen LogP contribution is 2.31. The van der Waals surface area contributed by atoms with Crippen LogP contribution < -0.4 is 4.72 Å². The minimum absolute atomic E-state index is 0.403. The van der Waals surface area contributed by atoms with Crippen LogP contribution in [0.3, 0.4) is 0 Å². The Morgan fingerprint density at radius 1 is 1.00 bits per heavy atom. The highest BCUT2D eigenvalue weighted by Gasteiger charge is 2.44. The summed E-state index contributed by atoms with van der Waals surface area (Å²) in [5.41, 5.74) is -1.26. The molecule has 0 atom stereocenters. The molecular weight excluding hydrogens is 266 g/mol. The monoisotopic (exact) mass is 289 g/mol. The Kier molecular flexibility index (Phi) is 4.50. The Balaban J connectivity index is 2.13. The third-order valence-corrected chi connectivity index (χ3v) is 6.47. The van der Waals surface area contributed by atoms with Crippen LogP contribution in [0.2, 0.25) is 0 Å². The molecule has 0 bridgehead atoms. The van der Waals surface area contributed by atoms with Gasteiger partial charge in [0.1, 0.15) is 5.54 Å². The van der Waals surface area contributed by atoms with Crippen molar-refractivity contribution in [2.75, 3.05) is 0 Å². The van der Waals surface area contributed by atoms with E-state index in [1.807, 2.05) is 0 Å². The molecule has 0 saturated heterocycles. The molecule has 0 aliphatic heterocycles. The van der Waals surface area contributed by atoms with Gasteiger partial charge >= 0.3 is 5.97 Å². The molecule has 2 rings (SSSR count). The van der Waals surface area contributed by atoms with Crippen LogP contribution in [0.5, 0.6) is 0 Å². The SMILES string of the molecule is O=C(O)C1(NS(=O)(=O)C2CCCCC2)CCCCC1. The third kappa shape index (κ3) is 3.28. The fourth-order valence-corrected chi connectivity index (χ4v) is 5.20. The molecule has 0 spiro atoms. The maximum atomic E-state index is 12.4. The predicted molar refractivity (Wildman–Crippen MR) is 72.4 cm³/mol. The van der Waals surface area contributed by atoms with E-state index >= 15 is 0 Å². The zero-order chi connectivity index (χ0) is 13.9. The second-order valence-electron chi connectivity index (χ2n) is 5.86. The van der Waals surface area contributed by atoms with E-state index in [4.69, 9.17) is 0 Å². The molecule has 2 saturated carbocycles. The van der Waals surface area contributed by atoms with Gasteiger partial charge in [0.05, 0.1) is 5.25 Å². The zero-order valence-corrected chi connectivity index (χ0v) is 12.0. The van der Waals surface area contributed by atoms with Crippen molar-refractivity contribution in [3.05, 3.63) is 0 Å². The first-order valence-corrected chi connectivity index (χ1v) is 8.77. The number of hydrogen-bond donors (Lipinski definition) is 2. The van der Waals surface area contributed by atoms with Crippen LogP contribution in [-0.2, 0) is 14.8 Å². The first-order chi connectivity index (χ1) is 8.96. The molecule has 19 heavy (non-hydrogen) atoms. The molecule has 5 nitrogen and oxygen atoms in total. The van der Waals surface area contributed by atoms with E-state index in [1.54, 1.807) is 0 Å². The van der Waals surface area contributed by atoms with Crippen LogP contribution in [0.4, 0.5) is 0 Å². The normalized spacial score (nSPS) is 25.1. The van der Waals surface area contributed by atoms with Crippen molar-refractivity contribution >= 4 is 16.0 Å². The predicted octanol–water partition coefficient (Wildman–Crippen LogP) is 2.03. The molecular formula is C13H23NO4S. The summed E-state index contributed by atoms with van der Waals surface area (Å²) in [6.07, 6.45) is 7.60. The van der Waals surface area contributed by atoms with Gasteiger partial charge in [-0.3, -0.25) is 4.79 Å². The Morgan fingerprint density at radius 2 is 1.53 bits per heavy atom. The highest BCUT2D eigenvalue weighted by molar-refractivity contribution is 7.90. The summed E-state index contributed by atoms with van der Waals surface area (Å²) in [5.74, 6) is -1.02. The van der Waals surface area contributed by atoms with E-state index in [1.165, 1.54) is 0 Å². The molecule has 0 aromatic carbocycles. The lowest BCUT2D eigenvalue weighted by Gasteiger charge is -2.35. The average Bonchev–Trinajstić information content (AvgIpc) is 2.40. The quantitative estimate of drug-likeness (QED) is 0.829. The summed E-state index contributed by atoms with van der Waals surface area (Å²) < 4.78 is 27.3. The van der Waals surface area contributed by atoms with Crippen LogP contribution >= 0.6 is 0 Å². The van der Waals surface area contributed by atoms with Gasteiger partial charge < -0.3 is 5.11 Å². The standard InChI is InChI=1S/C13H23NO4S/c15-12(16)13(9-5-2-6-10-13)14-19(17,18)11-7-3-1-4-8-11/h11,14H,1-10H2,(H,15,16). The summed E-state index contributed by atoms with van der Waals surface area (Å²) in [4.78, 5) is 11.5. The number of rotatable bonds is 4. The Labute approximate surface area is 114 Å². The van der Waals surface area contributed by atoms with Crippen molar-refractivity contribution in [1.82, 2.24) is 4.72 Å². The van der Waals surface area contributed by atoms with Gasteiger partial charge in [-0.05, 0) is 25.7 Å². The minimum Gasteiger partial charge on any atom is -0.480 e. The highest BCUT2D eigenvalue weighted by atomic mass is 32.2. The number of aliphatic carboxylic acids is 1. The lowest BCUT2D eigenvalue weighted by Crippen LogP contribution is -2.57. The molecule has 0 heterocycles. The van der Waals surface area contributed by atoms with Gasteiger partial charge in [0.15, 0.2) is 0 Å². The lowest BCUT2D eigenvalue weighted by atomic mass is 9.83. The average molecular weight is 289 g/mol. The summed E-state index contributed by atoms with van der Waals surface area (Å²) in [6.45, 7) is 0. The van der Waals surface area contributed by atoms with E-state index in [2.05, 4.69) is 4.72 Å². The van der Waals surface area contributed by atoms with Crippen LogP contribution in [0, 0.1) is 0 Å². The van der Waals surface area contributed by atoms with Gasteiger partial charge in [-0.1, -0.05) is 38.5 Å². The summed E-state index contributed by atoms with van der Waals surface area (Å²) >= 11 is 0. The molecule has 0 aromatic rings. The number of nitrogens with one attached hydrogen (secondary N) is 1. The number of hydrogen-bond acceptors (Lipinski definition) is 3. The minimum atomic E-state index is -3.52. The van der Waals surface area contributed by atoms with Crippen molar-refractivity contribution in [1.29, 1.82) is 0 Å². The number of sulfonamides is 1. The van der Waals surface area contributed by atoms with Crippen LogP contribution in [0.1, 0.15) is 64.2 Å². The molecule has 6 heteroatoms. The molecule has 0 aromatic heterocycles. The number of carboxylic acid groups (broad SMARTS) is 1. The number of carbonyl (C=O) groups is 1. The van der Waals surface area contributed by atoms with Crippen molar-refractivity contribution in [3.63, 3.8) is 0 Å². The lowest BCUT2D eigenvalue weighted by molar-refractivity contribution is -0.145. The molecule has 0 amide bonds. The Morgan fingerprint density at radius 3 is 2.05 bits per heavy atom.